The molecule has 3 N–H and O–H groups in total. The van der Waals surface area contributed by atoms with Crippen LogP contribution in [0.15, 0.2) is 18.3 Å². The highest BCUT2D eigenvalue weighted by molar-refractivity contribution is 5.93. The van der Waals surface area contributed by atoms with E-state index in [0.717, 1.165) is 30.5 Å². The lowest BCUT2D eigenvalue weighted by Crippen LogP contribution is -2.37. The Hall–Kier alpha value is -3.18. The largest absolute Gasteiger partial charge is 0.369 e. The maximum absolute atomic E-state index is 12.1. The van der Waals surface area contributed by atoms with Gasteiger partial charge in [-0.2, -0.15) is 5.10 Å². The lowest BCUT2D eigenvalue weighted by molar-refractivity contribution is -0.137. The smallest absolute Gasteiger partial charge is 0.269 e. The molecule has 4 aliphatic rings. The van der Waals surface area contributed by atoms with Gasteiger partial charge < -0.3 is 15.7 Å². The van der Waals surface area contributed by atoms with Crippen molar-refractivity contribution in [1.29, 1.82) is 0 Å². The standard InChI is InChI=1S/C21H21N5O3/c1-25-7-5-21(29,20(25)28)4-2-12-3-6-23-16(11-12)26-15-10-13-8-14(9-13)17(15)18(24-26)19(22)27/h3,6,11,13-14,29H,5,7-10H2,1H3,(H2,22,27). The number of aromatic nitrogens is 3. The second-order valence-electron chi connectivity index (χ2n) is 8.21. The number of primary amides is 1. The number of carbonyl (C=O) groups excluding carboxylic acids is 2. The van der Waals surface area contributed by atoms with Crippen LogP contribution in [0.5, 0.6) is 0 Å². The van der Waals surface area contributed by atoms with Crippen LogP contribution < -0.4 is 5.73 Å². The molecule has 2 aromatic rings. The first-order valence-electron chi connectivity index (χ1n) is 9.75. The highest BCUT2D eigenvalue weighted by Crippen LogP contribution is 2.51. The van der Waals surface area contributed by atoms with Gasteiger partial charge in [0.1, 0.15) is 0 Å². The third-order valence-electron chi connectivity index (χ3n) is 6.27. The second-order valence-corrected chi connectivity index (χ2v) is 8.21. The molecule has 1 atom stereocenters. The Balaban J connectivity index is 1.52. The number of nitrogens with two attached hydrogens (primary N) is 1. The average Bonchev–Trinajstić information content (AvgIpc) is 3.20. The zero-order valence-electron chi connectivity index (χ0n) is 16.1. The van der Waals surface area contributed by atoms with E-state index in [-0.39, 0.29) is 12.3 Å². The van der Waals surface area contributed by atoms with Crippen LogP contribution in [0.1, 0.15) is 52.5 Å². The quantitative estimate of drug-likeness (QED) is 0.718. The molecule has 2 fully saturated rings. The van der Waals surface area contributed by atoms with E-state index in [9.17, 15) is 14.7 Å². The summed E-state index contributed by atoms with van der Waals surface area (Å²) in [7, 11) is 1.65. The topological polar surface area (TPSA) is 114 Å². The minimum absolute atomic E-state index is 0.282. The number of likely N-dealkylation sites (tertiary alicyclic amines) is 1. The number of aliphatic hydroxyl groups is 1. The molecule has 0 spiro atoms. The van der Waals surface area contributed by atoms with E-state index >= 15 is 0 Å². The second kappa shape index (κ2) is 6.16. The Morgan fingerprint density at radius 3 is 2.90 bits per heavy atom. The van der Waals surface area contributed by atoms with Gasteiger partial charge >= 0.3 is 0 Å². The van der Waals surface area contributed by atoms with Crippen LogP contribution in [0.3, 0.4) is 0 Å². The molecule has 8 heteroatoms. The number of likely N-dealkylation sites (N-methyl/N-ethyl adjacent to an activating group) is 1. The van der Waals surface area contributed by atoms with Crippen molar-refractivity contribution in [3.05, 3.63) is 40.8 Å². The predicted octanol–water partition coefficient (Wildman–Crippen LogP) is 0.361. The SMILES string of the molecule is CN1CCC(O)(C#Cc2ccnc(-n3nc(C(N)=O)c4c3CC3CC4C3)c2)C1=O. The molecular formula is C21H21N5O3. The van der Waals surface area contributed by atoms with Crippen LogP contribution in [-0.4, -0.2) is 55.8 Å². The van der Waals surface area contributed by atoms with Gasteiger partial charge in [-0.05, 0) is 43.2 Å². The fourth-order valence-electron chi connectivity index (χ4n) is 4.63. The van der Waals surface area contributed by atoms with Gasteiger partial charge in [-0.25, -0.2) is 9.67 Å². The number of hydrogen-bond acceptors (Lipinski definition) is 5. The van der Waals surface area contributed by atoms with Gasteiger partial charge in [0.15, 0.2) is 11.5 Å². The monoisotopic (exact) mass is 391 g/mol. The summed E-state index contributed by atoms with van der Waals surface area (Å²) in [6.07, 6.45) is 4.90. The van der Waals surface area contributed by atoms with E-state index in [2.05, 4.69) is 21.9 Å². The fraction of sp³-hybridized carbons (Fsp3) is 0.429. The first kappa shape index (κ1) is 17.9. The van der Waals surface area contributed by atoms with E-state index in [1.165, 1.54) is 4.90 Å². The molecule has 0 aromatic carbocycles. The maximum atomic E-state index is 12.1. The molecule has 148 valence electrons. The number of amides is 2. The van der Waals surface area contributed by atoms with Crippen molar-refractivity contribution in [3.8, 4) is 17.7 Å². The minimum atomic E-state index is -1.65. The summed E-state index contributed by atoms with van der Waals surface area (Å²) >= 11 is 0. The van der Waals surface area contributed by atoms with Gasteiger partial charge in [0.2, 0.25) is 5.60 Å². The lowest BCUT2D eigenvalue weighted by atomic mass is 9.64. The molecule has 1 unspecified atom stereocenters. The van der Waals surface area contributed by atoms with Crippen molar-refractivity contribution in [2.24, 2.45) is 11.7 Å². The molecule has 8 nitrogen and oxygen atoms in total. The zero-order chi connectivity index (χ0) is 20.3. The summed E-state index contributed by atoms with van der Waals surface area (Å²) in [4.78, 5) is 29.9. The van der Waals surface area contributed by atoms with E-state index in [1.54, 1.807) is 30.1 Å². The maximum Gasteiger partial charge on any atom is 0.269 e. The van der Waals surface area contributed by atoms with Gasteiger partial charge in [0, 0.05) is 37.3 Å². The Morgan fingerprint density at radius 2 is 2.21 bits per heavy atom. The summed E-state index contributed by atoms with van der Waals surface area (Å²) in [6.45, 7) is 0.475. The van der Waals surface area contributed by atoms with E-state index < -0.39 is 11.5 Å². The van der Waals surface area contributed by atoms with E-state index in [4.69, 9.17) is 5.73 Å². The van der Waals surface area contributed by atoms with Crippen molar-refractivity contribution in [2.75, 3.05) is 13.6 Å². The van der Waals surface area contributed by atoms with Crippen molar-refractivity contribution in [2.45, 2.75) is 37.2 Å². The van der Waals surface area contributed by atoms with Gasteiger partial charge in [-0.3, -0.25) is 9.59 Å². The summed E-state index contributed by atoms with van der Waals surface area (Å²) in [5, 5.41) is 15.0. The molecular weight excluding hydrogens is 370 g/mol. The Morgan fingerprint density at radius 1 is 1.41 bits per heavy atom. The molecule has 3 heterocycles. The molecule has 0 radical (unpaired) electrons. The van der Waals surface area contributed by atoms with Crippen LogP contribution in [-0.2, 0) is 11.2 Å². The van der Waals surface area contributed by atoms with Crippen molar-refractivity contribution in [1.82, 2.24) is 19.7 Å². The Kier molecular flexibility index (Phi) is 3.80. The first-order valence-corrected chi connectivity index (χ1v) is 9.75. The molecule has 1 saturated heterocycles. The Bertz CT molecular complexity index is 1110. The predicted molar refractivity (Wildman–Crippen MR) is 103 cm³/mol. The van der Waals surface area contributed by atoms with Crippen LogP contribution >= 0.6 is 0 Å². The highest BCUT2D eigenvalue weighted by Gasteiger charge is 2.43. The molecule has 29 heavy (non-hydrogen) atoms. The van der Waals surface area contributed by atoms with E-state index in [0.29, 0.717) is 35.5 Å². The summed E-state index contributed by atoms with van der Waals surface area (Å²) in [5.74, 6) is 6.22. The number of nitrogens with zero attached hydrogens (tertiary/aromatic N) is 4. The summed E-state index contributed by atoms with van der Waals surface area (Å²) < 4.78 is 1.70. The minimum Gasteiger partial charge on any atom is -0.369 e. The third-order valence-corrected chi connectivity index (χ3v) is 6.27. The number of carbonyl (C=O) groups is 2. The van der Waals surface area contributed by atoms with Gasteiger partial charge in [0.05, 0.1) is 5.69 Å². The zero-order valence-corrected chi connectivity index (χ0v) is 16.1. The summed E-state index contributed by atoms with van der Waals surface area (Å²) in [5.41, 5.74) is 6.82. The third kappa shape index (κ3) is 2.73. The van der Waals surface area contributed by atoms with E-state index in [1.807, 2.05) is 0 Å². The van der Waals surface area contributed by atoms with Crippen molar-refractivity contribution >= 4 is 11.8 Å². The van der Waals surface area contributed by atoms with Crippen molar-refractivity contribution < 1.29 is 14.7 Å². The van der Waals surface area contributed by atoms with Gasteiger partial charge in [-0.15, -0.1) is 0 Å². The molecule has 6 rings (SSSR count). The van der Waals surface area contributed by atoms with Crippen molar-refractivity contribution in [3.63, 3.8) is 0 Å². The average molecular weight is 391 g/mol. The first-order chi connectivity index (χ1) is 13.9. The van der Waals surface area contributed by atoms with Crippen LogP contribution in [0.25, 0.3) is 5.82 Å². The highest BCUT2D eigenvalue weighted by atomic mass is 16.3. The summed E-state index contributed by atoms with van der Waals surface area (Å²) in [6, 6.07) is 3.46. The molecule has 2 bridgehead atoms. The number of pyridine rings is 1. The van der Waals surface area contributed by atoms with Gasteiger partial charge in [0.25, 0.3) is 11.8 Å². The number of rotatable bonds is 2. The molecule has 1 saturated carbocycles. The van der Waals surface area contributed by atoms with Crippen LogP contribution in [0.4, 0.5) is 0 Å². The normalized spacial score (nSPS) is 27.1. The van der Waals surface area contributed by atoms with Gasteiger partial charge in [-0.1, -0.05) is 11.8 Å². The molecule has 3 aliphatic carbocycles. The van der Waals surface area contributed by atoms with Crippen LogP contribution in [0, 0.1) is 17.8 Å². The fourth-order valence-corrected chi connectivity index (χ4v) is 4.63. The number of hydrogen-bond donors (Lipinski definition) is 2. The molecule has 1 aliphatic heterocycles. The molecule has 2 amide bonds. The lowest BCUT2D eigenvalue weighted by Gasteiger charge is -2.41. The molecule has 2 aromatic heterocycles. The Labute approximate surface area is 167 Å². The van der Waals surface area contributed by atoms with Crippen LogP contribution in [0.2, 0.25) is 0 Å².